The maximum Gasteiger partial charge on any atom is 0.416 e. The van der Waals surface area contributed by atoms with Crippen molar-refractivity contribution in [2.75, 3.05) is 13.1 Å². The minimum atomic E-state index is -4.57. The monoisotopic (exact) mass is 274 g/mol. The molecule has 1 fully saturated rings. The molecule has 0 saturated carbocycles. The molecule has 2 rings (SSSR count). The van der Waals surface area contributed by atoms with Crippen molar-refractivity contribution in [2.24, 2.45) is 0 Å². The molecule has 2 N–H and O–H groups in total. The van der Waals surface area contributed by atoms with E-state index in [1.807, 2.05) is 0 Å². The first-order valence-corrected chi connectivity index (χ1v) is 5.88. The third-order valence-corrected chi connectivity index (χ3v) is 3.06. The molecule has 0 radical (unpaired) electrons. The van der Waals surface area contributed by atoms with Crippen molar-refractivity contribution in [1.82, 2.24) is 4.90 Å². The zero-order valence-electron chi connectivity index (χ0n) is 10.0. The molecule has 104 valence electrons. The van der Waals surface area contributed by atoms with Gasteiger partial charge < -0.3 is 15.6 Å². The molecule has 1 aromatic rings. The van der Waals surface area contributed by atoms with Gasteiger partial charge in [-0.2, -0.15) is 13.2 Å². The molecule has 1 aliphatic heterocycles. The summed E-state index contributed by atoms with van der Waals surface area (Å²) in [5, 5.41) is 10.7. The lowest BCUT2D eigenvalue weighted by molar-refractivity contribution is -0.497. The van der Waals surface area contributed by atoms with Crippen molar-refractivity contribution in [2.45, 2.75) is 19.0 Å². The largest absolute Gasteiger partial charge is 0.630 e. The number of rotatable bonds is 2. The normalized spacial score (nSPS) is 15.9. The van der Waals surface area contributed by atoms with Crippen LogP contribution in [0.2, 0.25) is 0 Å². The fraction of sp³-hybridized carbons (Fsp3) is 0.417. The summed E-state index contributed by atoms with van der Waals surface area (Å²) in [5.74, 6) is -0.452. The van der Waals surface area contributed by atoms with E-state index in [4.69, 9.17) is 0 Å². The number of hydrogen-bond acceptors (Lipinski definition) is 2. The van der Waals surface area contributed by atoms with Gasteiger partial charge in [-0.3, -0.25) is 4.79 Å². The van der Waals surface area contributed by atoms with E-state index in [0.717, 1.165) is 25.0 Å². The second-order valence-corrected chi connectivity index (χ2v) is 4.46. The van der Waals surface area contributed by atoms with Gasteiger partial charge in [0.05, 0.1) is 5.56 Å². The van der Waals surface area contributed by atoms with Gasteiger partial charge in [0.15, 0.2) is 0 Å². The fourth-order valence-electron chi connectivity index (χ4n) is 2.11. The SMILES string of the molecule is O=C(c1cc([NH2+][O-])cc(C(F)(F)F)c1)N1CCCC1. The number of likely N-dealkylation sites (tertiary alicyclic amines) is 1. The predicted octanol–water partition coefficient (Wildman–Crippen LogP) is 1.63. The maximum absolute atomic E-state index is 12.7. The van der Waals surface area contributed by atoms with Gasteiger partial charge in [0, 0.05) is 30.8 Å². The summed E-state index contributed by atoms with van der Waals surface area (Å²) in [6, 6.07) is 2.74. The molecule has 1 saturated heterocycles. The van der Waals surface area contributed by atoms with Crippen molar-refractivity contribution in [3.63, 3.8) is 0 Å². The van der Waals surface area contributed by atoms with Crippen LogP contribution in [0.15, 0.2) is 18.2 Å². The Hall–Kier alpha value is -1.60. The third kappa shape index (κ3) is 3.05. The molecular weight excluding hydrogens is 261 g/mol. The first-order chi connectivity index (χ1) is 8.91. The van der Waals surface area contributed by atoms with Crippen molar-refractivity contribution in [3.8, 4) is 0 Å². The van der Waals surface area contributed by atoms with Crippen LogP contribution in [-0.4, -0.2) is 23.9 Å². The Labute approximate surface area is 107 Å². The lowest BCUT2D eigenvalue weighted by Gasteiger charge is -2.17. The lowest BCUT2D eigenvalue weighted by Crippen LogP contribution is -2.70. The number of nitrogens with two attached hydrogens (primary N) is 1. The number of amides is 1. The molecule has 1 aromatic carbocycles. The van der Waals surface area contributed by atoms with Gasteiger partial charge >= 0.3 is 6.18 Å². The molecule has 1 aliphatic rings. The summed E-state index contributed by atoms with van der Waals surface area (Å²) in [5.41, 5.74) is -0.883. The zero-order valence-corrected chi connectivity index (χ0v) is 10.0. The van der Waals surface area contributed by atoms with Crippen molar-refractivity contribution in [3.05, 3.63) is 34.5 Å². The summed E-state index contributed by atoms with van der Waals surface area (Å²) in [7, 11) is 0. The van der Waals surface area contributed by atoms with E-state index in [2.05, 4.69) is 0 Å². The number of nitrogens with zero attached hydrogens (tertiary/aromatic N) is 1. The van der Waals surface area contributed by atoms with Gasteiger partial charge in [-0.1, -0.05) is 0 Å². The number of quaternary nitrogens is 1. The highest BCUT2D eigenvalue weighted by molar-refractivity contribution is 5.95. The molecule has 0 aliphatic carbocycles. The quantitative estimate of drug-likeness (QED) is 0.658. The molecule has 0 unspecified atom stereocenters. The van der Waals surface area contributed by atoms with Crippen molar-refractivity contribution >= 4 is 11.6 Å². The topological polar surface area (TPSA) is 60.0 Å². The Balaban J connectivity index is 2.36. The summed E-state index contributed by atoms with van der Waals surface area (Å²) in [6.45, 7) is 1.09. The van der Waals surface area contributed by atoms with E-state index in [0.29, 0.717) is 18.6 Å². The van der Waals surface area contributed by atoms with Crippen LogP contribution >= 0.6 is 0 Å². The number of carbonyl (C=O) groups excluding carboxylic acids is 1. The molecule has 0 spiro atoms. The van der Waals surface area contributed by atoms with Crippen LogP contribution in [0, 0.1) is 5.21 Å². The number of carbonyl (C=O) groups is 1. The Morgan fingerprint density at radius 3 is 2.37 bits per heavy atom. The summed E-state index contributed by atoms with van der Waals surface area (Å²) >= 11 is 0. The zero-order chi connectivity index (χ0) is 14.0. The second-order valence-electron chi connectivity index (χ2n) is 4.46. The number of halogens is 3. The molecule has 0 bridgehead atoms. The van der Waals surface area contributed by atoms with Gasteiger partial charge in [0.2, 0.25) is 0 Å². The van der Waals surface area contributed by atoms with Gasteiger partial charge in [-0.05, 0) is 18.9 Å². The van der Waals surface area contributed by atoms with Gasteiger partial charge in [0.1, 0.15) is 5.69 Å². The number of alkyl halides is 3. The molecule has 0 aromatic heterocycles. The van der Waals surface area contributed by atoms with Crippen LogP contribution in [0.5, 0.6) is 0 Å². The summed E-state index contributed by atoms with van der Waals surface area (Å²) in [4.78, 5) is 13.5. The Morgan fingerprint density at radius 1 is 1.21 bits per heavy atom. The third-order valence-electron chi connectivity index (χ3n) is 3.06. The van der Waals surface area contributed by atoms with Gasteiger partial charge in [-0.25, -0.2) is 0 Å². The molecular formula is C12H13F3N2O2. The summed E-state index contributed by atoms with van der Waals surface area (Å²) < 4.78 is 38.1. The highest BCUT2D eigenvalue weighted by atomic mass is 19.4. The fourth-order valence-corrected chi connectivity index (χ4v) is 2.11. The molecule has 0 atom stereocenters. The van der Waals surface area contributed by atoms with Crippen molar-refractivity contribution < 1.29 is 23.4 Å². The molecule has 1 heterocycles. The highest BCUT2D eigenvalue weighted by Crippen LogP contribution is 2.31. The minimum absolute atomic E-state index is 0.0844. The van der Waals surface area contributed by atoms with Crippen LogP contribution in [0.1, 0.15) is 28.8 Å². The molecule has 7 heteroatoms. The predicted molar refractivity (Wildman–Crippen MR) is 61.5 cm³/mol. The van der Waals surface area contributed by atoms with Crippen LogP contribution in [-0.2, 0) is 6.18 Å². The van der Waals surface area contributed by atoms with Crippen molar-refractivity contribution in [1.29, 1.82) is 0 Å². The Kier molecular flexibility index (Phi) is 3.77. The number of hydrogen-bond donors (Lipinski definition) is 1. The van der Waals surface area contributed by atoms with Gasteiger partial charge in [0.25, 0.3) is 5.91 Å². The van der Waals surface area contributed by atoms with E-state index >= 15 is 0 Å². The standard InChI is InChI=1S/C12H13F3N2O2/c13-12(14,15)9-5-8(6-10(7-9)16-19)11(18)17-3-1-2-4-17/h5-7H,1-4,16H2. The average molecular weight is 274 g/mol. The average Bonchev–Trinajstić information content (AvgIpc) is 2.90. The lowest BCUT2D eigenvalue weighted by atomic mass is 10.1. The molecule has 19 heavy (non-hydrogen) atoms. The van der Waals surface area contributed by atoms with Crippen LogP contribution < -0.4 is 5.48 Å². The molecule has 4 nitrogen and oxygen atoms in total. The van der Waals surface area contributed by atoms with Gasteiger partial charge in [-0.15, -0.1) is 0 Å². The first kappa shape index (κ1) is 13.8. The van der Waals surface area contributed by atoms with E-state index in [-0.39, 0.29) is 11.3 Å². The highest BCUT2D eigenvalue weighted by Gasteiger charge is 2.33. The number of benzene rings is 1. The first-order valence-electron chi connectivity index (χ1n) is 5.88. The van der Waals surface area contributed by atoms with Crippen LogP contribution in [0.25, 0.3) is 0 Å². The smallest absolute Gasteiger partial charge is 0.416 e. The van der Waals surface area contributed by atoms with Crippen LogP contribution in [0.4, 0.5) is 18.9 Å². The minimum Gasteiger partial charge on any atom is -0.630 e. The second kappa shape index (κ2) is 5.18. The maximum atomic E-state index is 12.7. The van der Waals surface area contributed by atoms with E-state index < -0.39 is 17.6 Å². The van der Waals surface area contributed by atoms with E-state index in [9.17, 15) is 23.2 Å². The van der Waals surface area contributed by atoms with E-state index in [1.165, 1.54) is 11.0 Å². The molecule has 1 amide bonds. The Morgan fingerprint density at radius 2 is 1.84 bits per heavy atom. The summed E-state index contributed by atoms with van der Waals surface area (Å²) in [6.07, 6.45) is -2.87. The Bertz CT molecular complexity index is 482. The van der Waals surface area contributed by atoms with E-state index in [1.54, 1.807) is 0 Å². The van der Waals surface area contributed by atoms with Crippen LogP contribution in [0.3, 0.4) is 0 Å².